The first kappa shape index (κ1) is 41.6. The van der Waals surface area contributed by atoms with E-state index in [2.05, 4.69) is 300 Å². The molecule has 2 aromatic heterocycles. The molecule has 2 heterocycles. The lowest BCUT2D eigenvalue weighted by Gasteiger charge is -2.38. The Balaban J connectivity index is 1.28. The van der Waals surface area contributed by atoms with Crippen LogP contribution in [0.25, 0.3) is 55.0 Å². The van der Waals surface area contributed by atoms with Crippen LogP contribution in [0.1, 0.15) is 0 Å². The zero-order valence-corrected chi connectivity index (χ0v) is 40.6. The summed E-state index contributed by atoms with van der Waals surface area (Å²) in [4.78, 5) is 0. The summed E-state index contributed by atoms with van der Waals surface area (Å²) in [5.41, 5.74) is 7.05. The first-order valence-electron chi connectivity index (χ1n) is 24.3. The van der Waals surface area contributed by atoms with Gasteiger partial charge in [0, 0.05) is 32.9 Å². The van der Waals surface area contributed by atoms with Crippen molar-refractivity contribution in [3.05, 3.63) is 291 Å². The molecule has 0 N–H and O–H groups in total. The highest BCUT2D eigenvalue weighted by molar-refractivity contribution is 7.22. The minimum Gasteiger partial charge on any atom is -0.307 e. The normalized spacial score (nSPS) is 12.0. The molecule has 0 aliphatic rings. The van der Waals surface area contributed by atoms with Crippen molar-refractivity contribution in [3.8, 4) is 11.4 Å². The quantitative estimate of drug-likeness (QED) is 0.0956. The summed E-state index contributed by atoms with van der Waals surface area (Å²) in [6.45, 7) is 0. The molecule has 0 atom stereocenters. The number of fused-ring (bicyclic) bond motifs is 7. The molecule has 11 aromatic carbocycles. The van der Waals surface area contributed by atoms with Gasteiger partial charge in [0.15, 0.2) is 16.1 Å². The molecule has 0 spiro atoms. The second-order valence-electron chi connectivity index (χ2n) is 18.4. The second-order valence-corrected chi connectivity index (χ2v) is 26.0. The Hall–Kier alpha value is -8.55. The molecule has 0 unspecified atom stereocenters. The maximum Gasteiger partial charge on any atom is 0.179 e. The maximum absolute atomic E-state index is 3.13. The van der Waals surface area contributed by atoms with E-state index in [1.807, 2.05) is 0 Å². The summed E-state index contributed by atoms with van der Waals surface area (Å²) in [7, 11) is -6.26. The van der Waals surface area contributed by atoms with Crippen LogP contribution < -0.4 is 41.5 Å². The molecule has 0 radical (unpaired) electrons. The number of hydrogen-bond donors (Lipinski definition) is 0. The molecule has 0 aliphatic carbocycles. The van der Waals surface area contributed by atoms with Crippen molar-refractivity contribution in [3.63, 3.8) is 0 Å². The van der Waals surface area contributed by atoms with Crippen molar-refractivity contribution in [2.45, 2.75) is 0 Å². The highest BCUT2D eigenvalue weighted by Crippen LogP contribution is 2.41. The van der Waals surface area contributed by atoms with Crippen molar-refractivity contribution in [2.24, 2.45) is 0 Å². The predicted octanol–water partition coefficient (Wildman–Crippen LogP) is 10.6. The Bertz CT molecular complexity index is 3630. The number of rotatable bonds is 10. The Morgan fingerprint density at radius 1 is 0.200 bits per heavy atom. The zero-order valence-electron chi connectivity index (χ0n) is 38.6. The topological polar surface area (TPSA) is 9.86 Å². The number of para-hydroxylation sites is 3. The molecule has 0 fully saturated rings. The summed E-state index contributed by atoms with van der Waals surface area (Å²) < 4.78 is 5.12. The van der Waals surface area contributed by atoms with Gasteiger partial charge < -0.3 is 9.13 Å². The van der Waals surface area contributed by atoms with Gasteiger partial charge in [0.1, 0.15) is 0 Å². The number of hydrogen-bond acceptors (Lipinski definition) is 0. The van der Waals surface area contributed by atoms with Gasteiger partial charge in [-0.2, -0.15) is 0 Å². The molecule has 0 bridgehead atoms. The molecule has 4 heteroatoms. The van der Waals surface area contributed by atoms with Crippen molar-refractivity contribution < 1.29 is 0 Å². The predicted molar refractivity (Wildman–Crippen MR) is 302 cm³/mol. The third-order valence-corrected chi connectivity index (χ3v) is 24.3. The van der Waals surface area contributed by atoms with E-state index in [1.54, 1.807) is 0 Å². The third kappa shape index (κ3) is 6.38. The van der Waals surface area contributed by atoms with E-state index in [-0.39, 0.29) is 0 Å². The SMILES string of the molecule is c1ccc(-n2c3ccccc3c3ccc4c5ccccc5n(-c5cc([Si](c6ccccc6)(c6ccccc6)c6ccccc6)cc([Si](c6ccccc6)(c6ccccc6)c6ccccc6)c5)c4c32)cc1. The summed E-state index contributed by atoms with van der Waals surface area (Å²) in [5.74, 6) is 0. The molecule has 0 saturated heterocycles. The van der Waals surface area contributed by atoms with Crippen LogP contribution in [0.3, 0.4) is 0 Å². The molecule has 330 valence electrons. The van der Waals surface area contributed by atoms with Gasteiger partial charge >= 0.3 is 0 Å². The summed E-state index contributed by atoms with van der Waals surface area (Å²) in [6.07, 6.45) is 0. The van der Waals surface area contributed by atoms with Gasteiger partial charge in [-0.1, -0.05) is 255 Å². The van der Waals surface area contributed by atoms with Gasteiger partial charge in [-0.25, -0.2) is 0 Å². The van der Waals surface area contributed by atoms with E-state index in [0.29, 0.717) is 0 Å². The van der Waals surface area contributed by atoms with Crippen molar-refractivity contribution in [2.75, 3.05) is 0 Å². The molecule has 2 nitrogen and oxygen atoms in total. The monoisotopic (exact) mass is 924 g/mol. The lowest BCUT2D eigenvalue weighted by Crippen LogP contribution is -2.78. The van der Waals surface area contributed by atoms with E-state index < -0.39 is 16.1 Å². The lowest BCUT2D eigenvalue weighted by molar-refractivity contribution is 1.15. The summed E-state index contributed by atoms with van der Waals surface area (Å²) >= 11 is 0. The fourth-order valence-corrected chi connectivity index (χ4v) is 21.7. The van der Waals surface area contributed by atoms with E-state index in [0.717, 1.165) is 11.4 Å². The average molecular weight is 925 g/mol. The fourth-order valence-electron chi connectivity index (χ4n) is 11.9. The van der Waals surface area contributed by atoms with E-state index >= 15 is 0 Å². The molecule has 0 saturated carbocycles. The van der Waals surface area contributed by atoms with Crippen molar-refractivity contribution in [1.82, 2.24) is 9.13 Å². The first-order valence-corrected chi connectivity index (χ1v) is 28.3. The van der Waals surface area contributed by atoms with Gasteiger partial charge in [0.05, 0.1) is 22.1 Å². The molecule has 13 aromatic rings. The Labute approximate surface area is 410 Å². The number of nitrogens with zero attached hydrogens (tertiary/aromatic N) is 2. The molecule has 70 heavy (non-hydrogen) atoms. The minimum absolute atomic E-state index is 1.14. The summed E-state index contributed by atoms with van der Waals surface area (Å²) in [5, 5.41) is 15.7. The third-order valence-electron chi connectivity index (χ3n) is 14.8. The van der Waals surface area contributed by atoms with Crippen LogP contribution in [-0.4, -0.2) is 25.3 Å². The van der Waals surface area contributed by atoms with Crippen LogP contribution in [-0.2, 0) is 0 Å². The highest BCUT2D eigenvalue weighted by Gasteiger charge is 2.46. The van der Waals surface area contributed by atoms with Crippen LogP contribution in [0.2, 0.25) is 0 Å². The van der Waals surface area contributed by atoms with Crippen LogP contribution in [0.15, 0.2) is 291 Å². The van der Waals surface area contributed by atoms with Crippen molar-refractivity contribution >= 4 is 101 Å². The molecular formula is C66H48N2Si2. The zero-order chi connectivity index (χ0) is 46.5. The lowest BCUT2D eigenvalue weighted by atomic mass is 10.1. The Morgan fingerprint density at radius 3 is 0.800 bits per heavy atom. The van der Waals surface area contributed by atoms with Gasteiger partial charge in [-0.05, 0) is 77.9 Å². The van der Waals surface area contributed by atoms with Gasteiger partial charge in [-0.3, -0.25) is 0 Å². The van der Waals surface area contributed by atoms with Gasteiger partial charge in [0.2, 0.25) is 0 Å². The van der Waals surface area contributed by atoms with E-state index in [9.17, 15) is 0 Å². The Morgan fingerprint density at radius 2 is 0.471 bits per heavy atom. The minimum atomic E-state index is -3.13. The van der Waals surface area contributed by atoms with Crippen LogP contribution >= 0.6 is 0 Å². The largest absolute Gasteiger partial charge is 0.307 e. The number of benzene rings is 11. The highest BCUT2D eigenvalue weighted by atomic mass is 28.3. The molecular weight excluding hydrogens is 877 g/mol. The molecule has 0 amide bonds. The number of aromatic nitrogens is 2. The first-order chi connectivity index (χ1) is 34.8. The summed E-state index contributed by atoms with van der Waals surface area (Å²) in [6, 6.07) is 110. The van der Waals surface area contributed by atoms with E-state index in [4.69, 9.17) is 0 Å². The standard InChI is InChI=1S/C66H48N2Si2/c1-8-26-49(27-9-1)67-63-42-24-22-40-59(63)61-44-45-62-60-41-23-25-43-64(60)68(66(62)65(61)67)50-46-57(69(51-28-10-2-11-29-51,52-30-12-3-13-31-52)53-32-14-4-15-33-53)48-58(47-50)70(54-34-16-5-17-35-54,55-36-18-6-19-37-55)56-38-20-7-21-39-56/h1-48H. The second kappa shape index (κ2) is 17.2. The van der Waals surface area contributed by atoms with Crippen LogP contribution in [0.4, 0.5) is 0 Å². The Kier molecular flexibility index (Phi) is 10.2. The van der Waals surface area contributed by atoms with Crippen LogP contribution in [0.5, 0.6) is 0 Å². The average Bonchev–Trinajstić information content (AvgIpc) is 3.97. The molecule has 13 rings (SSSR count). The van der Waals surface area contributed by atoms with Gasteiger partial charge in [0.25, 0.3) is 0 Å². The van der Waals surface area contributed by atoms with Crippen molar-refractivity contribution in [1.29, 1.82) is 0 Å². The fraction of sp³-hybridized carbons (Fsp3) is 0. The van der Waals surface area contributed by atoms with Gasteiger partial charge in [-0.15, -0.1) is 0 Å². The molecule has 0 aliphatic heterocycles. The maximum atomic E-state index is 2.66. The van der Waals surface area contributed by atoms with E-state index in [1.165, 1.54) is 85.1 Å². The van der Waals surface area contributed by atoms with Crippen LogP contribution in [0, 0.1) is 0 Å². The smallest absolute Gasteiger partial charge is 0.179 e.